The molecule has 0 spiro atoms. The first-order chi connectivity index (χ1) is 10.6. The van der Waals surface area contributed by atoms with E-state index in [1.54, 1.807) is 11.4 Å². The molecule has 0 radical (unpaired) electrons. The summed E-state index contributed by atoms with van der Waals surface area (Å²) in [6.45, 7) is 1.45. The van der Waals surface area contributed by atoms with Crippen LogP contribution in [0.2, 0.25) is 0 Å². The lowest BCUT2D eigenvalue weighted by Gasteiger charge is -2.28. The van der Waals surface area contributed by atoms with E-state index in [4.69, 9.17) is 5.26 Å². The Balaban J connectivity index is 3.11. The number of hydrogen-bond acceptors (Lipinski definition) is 2. The summed E-state index contributed by atoms with van der Waals surface area (Å²) >= 11 is 0. The van der Waals surface area contributed by atoms with Crippen molar-refractivity contribution in [3.05, 3.63) is 35.4 Å². The minimum atomic E-state index is -5.10. The summed E-state index contributed by atoms with van der Waals surface area (Å²) in [4.78, 5) is 12.7. The summed E-state index contributed by atoms with van der Waals surface area (Å²) in [5.41, 5.74) is -1.28. The van der Waals surface area contributed by atoms with Crippen LogP contribution in [0.25, 0.3) is 0 Å². The van der Waals surface area contributed by atoms with E-state index in [1.165, 1.54) is 14.0 Å². The second-order valence-electron chi connectivity index (χ2n) is 4.88. The number of nitrogens with zero attached hydrogens (tertiary/aromatic N) is 2. The van der Waals surface area contributed by atoms with Gasteiger partial charge in [-0.15, -0.1) is 0 Å². The fourth-order valence-corrected chi connectivity index (χ4v) is 1.80. The summed E-state index contributed by atoms with van der Waals surface area (Å²) in [6.07, 6.45) is -5.20. The fraction of sp³-hybridized carbons (Fsp3) is 0.429. The number of nitrogens with one attached hydrogen (secondary N) is 1. The number of benzene rings is 1. The van der Waals surface area contributed by atoms with Gasteiger partial charge in [0, 0.05) is 13.1 Å². The highest BCUT2D eigenvalue weighted by Crippen LogP contribution is 2.35. The van der Waals surface area contributed by atoms with Gasteiger partial charge in [0.25, 0.3) is 0 Å². The third-order valence-electron chi connectivity index (χ3n) is 3.25. The van der Waals surface area contributed by atoms with Crippen LogP contribution in [0, 0.1) is 23.0 Å². The van der Waals surface area contributed by atoms with Crippen molar-refractivity contribution in [3.8, 4) is 6.07 Å². The molecule has 1 N–H and O–H groups in total. The number of urea groups is 1. The molecule has 0 heterocycles. The van der Waals surface area contributed by atoms with Crippen molar-refractivity contribution in [2.24, 2.45) is 0 Å². The molecule has 23 heavy (non-hydrogen) atoms. The zero-order valence-electron chi connectivity index (χ0n) is 12.3. The van der Waals surface area contributed by atoms with E-state index in [0.29, 0.717) is 12.1 Å². The number of hydrogen-bond donors (Lipinski definition) is 1. The molecule has 0 aliphatic carbocycles. The number of nitriles is 1. The number of rotatable bonds is 4. The van der Waals surface area contributed by atoms with Crippen LogP contribution in [0.15, 0.2) is 18.2 Å². The van der Waals surface area contributed by atoms with Crippen LogP contribution in [0.1, 0.15) is 24.9 Å². The largest absolute Gasteiger partial charge is 0.413 e. The van der Waals surface area contributed by atoms with E-state index in [0.717, 1.165) is 11.0 Å². The van der Waals surface area contributed by atoms with Crippen molar-refractivity contribution in [3.63, 3.8) is 0 Å². The molecule has 4 nitrogen and oxygen atoms in total. The Morgan fingerprint density at radius 2 is 1.87 bits per heavy atom. The van der Waals surface area contributed by atoms with E-state index < -0.39 is 41.5 Å². The number of carbonyl (C=O) groups is 1. The molecule has 0 fully saturated rings. The van der Waals surface area contributed by atoms with Crippen LogP contribution in [0.3, 0.4) is 0 Å². The molecule has 0 saturated heterocycles. The van der Waals surface area contributed by atoms with E-state index in [2.05, 4.69) is 0 Å². The minimum absolute atomic E-state index is 0.103. The maximum absolute atomic E-state index is 13.6. The topological polar surface area (TPSA) is 56.1 Å². The second kappa shape index (κ2) is 7.26. The summed E-state index contributed by atoms with van der Waals surface area (Å²) < 4.78 is 66.6. The summed E-state index contributed by atoms with van der Waals surface area (Å²) in [7, 11) is 1.18. The maximum atomic E-state index is 13.6. The zero-order valence-corrected chi connectivity index (χ0v) is 12.3. The lowest BCUT2D eigenvalue weighted by atomic mass is 10.0. The lowest BCUT2D eigenvalue weighted by Crippen LogP contribution is -2.47. The van der Waals surface area contributed by atoms with Crippen molar-refractivity contribution < 1.29 is 26.7 Å². The number of carbonyl (C=O) groups excluding carboxylic acids is 1. The van der Waals surface area contributed by atoms with Crippen molar-refractivity contribution in [2.45, 2.75) is 31.6 Å². The predicted molar refractivity (Wildman–Crippen MR) is 71.1 cm³/mol. The van der Waals surface area contributed by atoms with E-state index in [1.807, 2.05) is 0 Å². The third-order valence-corrected chi connectivity index (χ3v) is 3.25. The average molecular weight is 335 g/mol. The molecule has 0 unspecified atom stereocenters. The molecule has 126 valence electrons. The molecule has 1 rings (SSSR count). The molecule has 0 aliphatic heterocycles. The first-order valence-corrected chi connectivity index (χ1v) is 6.50. The van der Waals surface area contributed by atoms with E-state index >= 15 is 0 Å². The Morgan fingerprint density at radius 3 is 2.30 bits per heavy atom. The van der Waals surface area contributed by atoms with Gasteiger partial charge in [0.05, 0.1) is 18.1 Å². The van der Waals surface area contributed by atoms with Crippen LogP contribution in [-0.2, 0) is 0 Å². The SMILES string of the molecule is C[C@H](CC#N)N(C)C(=O)N[C@@H](c1c(F)cccc1F)C(F)(F)F. The third kappa shape index (κ3) is 4.55. The first kappa shape index (κ1) is 18.7. The van der Waals surface area contributed by atoms with Crippen LogP contribution in [-0.4, -0.2) is 30.2 Å². The van der Waals surface area contributed by atoms with Gasteiger partial charge < -0.3 is 10.2 Å². The molecule has 2 atom stereocenters. The van der Waals surface area contributed by atoms with Crippen molar-refractivity contribution >= 4 is 6.03 Å². The lowest BCUT2D eigenvalue weighted by molar-refractivity contribution is -0.156. The summed E-state index contributed by atoms with van der Waals surface area (Å²) in [6, 6.07) is -0.666. The number of amides is 2. The average Bonchev–Trinajstić information content (AvgIpc) is 2.44. The second-order valence-corrected chi connectivity index (χ2v) is 4.88. The van der Waals surface area contributed by atoms with Gasteiger partial charge in [-0.1, -0.05) is 6.07 Å². The van der Waals surface area contributed by atoms with E-state index in [-0.39, 0.29) is 6.42 Å². The van der Waals surface area contributed by atoms with Crippen LogP contribution in [0.5, 0.6) is 0 Å². The molecular formula is C14H14F5N3O. The Hall–Kier alpha value is -2.37. The quantitative estimate of drug-likeness (QED) is 0.856. The van der Waals surface area contributed by atoms with E-state index in [9.17, 15) is 26.7 Å². The predicted octanol–water partition coefficient (Wildman–Crippen LogP) is 3.51. The molecular weight excluding hydrogens is 321 g/mol. The minimum Gasteiger partial charge on any atom is -0.324 e. The van der Waals surface area contributed by atoms with Gasteiger partial charge >= 0.3 is 12.2 Å². The van der Waals surface area contributed by atoms with Crippen LogP contribution >= 0.6 is 0 Å². The smallest absolute Gasteiger partial charge is 0.324 e. The van der Waals surface area contributed by atoms with Crippen LogP contribution in [0.4, 0.5) is 26.7 Å². The Morgan fingerprint density at radius 1 is 1.35 bits per heavy atom. The van der Waals surface area contributed by atoms with Crippen molar-refractivity contribution in [2.75, 3.05) is 7.05 Å². The van der Waals surface area contributed by atoms with Gasteiger partial charge in [0.2, 0.25) is 0 Å². The molecule has 2 amide bonds. The molecule has 0 saturated carbocycles. The monoisotopic (exact) mass is 335 g/mol. The van der Waals surface area contributed by atoms with Crippen molar-refractivity contribution in [1.82, 2.24) is 10.2 Å². The fourth-order valence-electron chi connectivity index (χ4n) is 1.80. The molecule has 1 aromatic carbocycles. The molecule has 1 aromatic rings. The molecule has 0 bridgehead atoms. The summed E-state index contributed by atoms with van der Waals surface area (Å²) in [5, 5.41) is 10.1. The van der Waals surface area contributed by atoms with Gasteiger partial charge in [-0.05, 0) is 19.1 Å². The number of alkyl halides is 3. The first-order valence-electron chi connectivity index (χ1n) is 6.50. The van der Waals surface area contributed by atoms with Gasteiger partial charge in [-0.3, -0.25) is 0 Å². The standard InChI is InChI=1S/C14H14F5N3O/c1-8(6-7-20)22(2)13(23)21-12(14(17,18)19)11-9(15)4-3-5-10(11)16/h3-5,8,12H,6H2,1-2H3,(H,21,23)/t8-,12+/m1/s1. The summed E-state index contributed by atoms with van der Waals surface area (Å²) in [5.74, 6) is -2.83. The molecule has 0 aromatic heterocycles. The van der Waals surface area contributed by atoms with Crippen LogP contribution < -0.4 is 5.32 Å². The highest BCUT2D eigenvalue weighted by molar-refractivity contribution is 5.75. The Bertz CT molecular complexity index is 591. The van der Waals surface area contributed by atoms with Gasteiger partial charge in [-0.2, -0.15) is 18.4 Å². The van der Waals surface area contributed by atoms with Gasteiger partial charge in [0.1, 0.15) is 11.6 Å². The maximum Gasteiger partial charge on any atom is 0.413 e. The molecule has 9 heteroatoms. The van der Waals surface area contributed by atoms with Crippen molar-refractivity contribution in [1.29, 1.82) is 5.26 Å². The van der Waals surface area contributed by atoms with Gasteiger partial charge in [0.15, 0.2) is 6.04 Å². The Labute approximate surface area is 129 Å². The normalized spacial score (nSPS) is 13.8. The Kier molecular flexibility index (Phi) is 5.90. The zero-order chi connectivity index (χ0) is 17.8. The highest BCUT2D eigenvalue weighted by atomic mass is 19.4. The molecule has 0 aliphatic rings. The number of halogens is 5. The highest BCUT2D eigenvalue weighted by Gasteiger charge is 2.45. The van der Waals surface area contributed by atoms with Gasteiger partial charge in [-0.25, -0.2) is 13.6 Å².